The van der Waals surface area contributed by atoms with Gasteiger partial charge in [-0.3, -0.25) is 4.79 Å². The monoisotopic (exact) mass is 465 g/mol. The number of thiazole rings is 1. The summed E-state index contributed by atoms with van der Waals surface area (Å²) >= 11 is 4.80. The average molecular weight is 466 g/mol. The van der Waals surface area contributed by atoms with E-state index in [1.54, 1.807) is 41.8 Å². The number of hydrogen-bond acceptors (Lipinski definition) is 5. The summed E-state index contributed by atoms with van der Waals surface area (Å²) < 4.78 is 27.6. The molecule has 0 unspecified atom stereocenters. The van der Waals surface area contributed by atoms with Gasteiger partial charge in [0.2, 0.25) is 15.9 Å². The Kier molecular flexibility index (Phi) is 6.38. The Morgan fingerprint density at radius 1 is 1.07 bits per heavy atom. The smallest absolute Gasteiger partial charge is 0.240 e. The van der Waals surface area contributed by atoms with Crippen LogP contribution in [-0.4, -0.2) is 25.9 Å². The predicted molar refractivity (Wildman–Crippen MR) is 110 cm³/mol. The van der Waals surface area contributed by atoms with Gasteiger partial charge in [-0.2, -0.15) is 0 Å². The van der Waals surface area contributed by atoms with Gasteiger partial charge in [-0.1, -0.05) is 15.9 Å². The van der Waals surface area contributed by atoms with Crippen molar-refractivity contribution in [2.24, 2.45) is 0 Å². The molecule has 1 amide bonds. The number of benzene rings is 2. The zero-order valence-corrected chi connectivity index (χ0v) is 17.3. The molecule has 2 N–H and O–H groups in total. The Hall–Kier alpha value is -2.07. The van der Waals surface area contributed by atoms with Crippen LogP contribution in [0.4, 0.5) is 5.69 Å². The maximum absolute atomic E-state index is 12.2. The van der Waals surface area contributed by atoms with Crippen LogP contribution in [0.25, 0.3) is 10.6 Å². The highest BCUT2D eigenvalue weighted by atomic mass is 79.9. The van der Waals surface area contributed by atoms with Crippen molar-refractivity contribution < 1.29 is 13.2 Å². The van der Waals surface area contributed by atoms with Crippen LogP contribution in [0.2, 0.25) is 0 Å². The molecule has 0 bridgehead atoms. The number of sulfonamides is 1. The van der Waals surface area contributed by atoms with E-state index in [9.17, 15) is 13.2 Å². The largest absolute Gasteiger partial charge is 0.326 e. The first kappa shape index (κ1) is 19.7. The molecule has 3 aromatic rings. The van der Waals surface area contributed by atoms with Gasteiger partial charge in [-0.25, -0.2) is 18.1 Å². The molecule has 140 valence electrons. The summed E-state index contributed by atoms with van der Waals surface area (Å²) in [5.41, 5.74) is 1.63. The second-order valence-corrected chi connectivity index (χ2v) is 9.14. The highest BCUT2D eigenvalue weighted by Crippen LogP contribution is 2.23. The van der Waals surface area contributed by atoms with Gasteiger partial charge in [0.15, 0.2) is 0 Å². The van der Waals surface area contributed by atoms with Crippen molar-refractivity contribution in [3.05, 3.63) is 64.6 Å². The van der Waals surface area contributed by atoms with Gasteiger partial charge in [-0.05, 0) is 48.5 Å². The van der Waals surface area contributed by atoms with E-state index in [1.165, 1.54) is 12.1 Å². The summed E-state index contributed by atoms with van der Waals surface area (Å²) in [6, 6.07) is 13.6. The lowest BCUT2D eigenvalue weighted by Gasteiger charge is -2.08. The summed E-state index contributed by atoms with van der Waals surface area (Å²) in [7, 11) is -3.63. The first-order chi connectivity index (χ1) is 12.9. The second kappa shape index (κ2) is 8.75. The standard InChI is InChI=1S/C18H16BrN3O3S2/c19-14-3-7-16(8-4-14)27(24,25)21-10-9-17(23)22-15-5-1-13(2-6-15)18-20-11-12-26-18/h1-8,11-12,21H,9-10H2,(H,22,23). The van der Waals surface area contributed by atoms with Crippen molar-refractivity contribution in [3.63, 3.8) is 0 Å². The van der Waals surface area contributed by atoms with Gasteiger partial charge in [0, 0.05) is 40.3 Å². The van der Waals surface area contributed by atoms with Crippen molar-refractivity contribution in [1.82, 2.24) is 9.71 Å². The van der Waals surface area contributed by atoms with Crippen LogP contribution in [-0.2, 0) is 14.8 Å². The fourth-order valence-electron chi connectivity index (χ4n) is 2.28. The predicted octanol–water partition coefficient (Wildman–Crippen LogP) is 3.88. The van der Waals surface area contributed by atoms with E-state index in [-0.39, 0.29) is 23.8 Å². The number of nitrogens with zero attached hydrogens (tertiary/aromatic N) is 1. The van der Waals surface area contributed by atoms with Crippen LogP contribution >= 0.6 is 27.3 Å². The lowest BCUT2D eigenvalue weighted by atomic mass is 10.2. The maximum Gasteiger partial charge on any atom is 0.240 e. The molecule has 0 saturated carbocycles. The van der Waals surface area contributed by atoms with Crippen LogP contribution in [0.15, 0.2) is 69.5 Å². The van der Waals surface area contributed by atoms with Crippen LogP contribution in [0.5, 0.6) is 0 Å². The van der Waals surface area contributed by atoms with Crippen molar-refractivity contribution in [1.29, 1.82) is 0 Å². The molecular weight excluding hydrogens is 450 g/mol. The summed E-state index contributed by atoms with van der Waals surface area (Å²) in [6.07, 6.45) is 1.77. The highest BCUT2D eigenvalue weighted by Gasteiger charge is 2.14. The molecule has 2 aromatic carbocycles. The number of carbonyl (C=O) groups excluding carboxylic acids is 1. The molecule has 1 heterocycles. The van der Waals surface area contributed by atoms with E-state index in [1.807, 2.05) is 17.5 Å². The highest BCUT2D eigenvalue weighted by molar-refractivity contribution is 9.10. The lowest BCUT2D eigenvalue weighted by Crippen LogP contribution is -2.27. The number of carbonyl (C=O) groups is 1. The Morgan fingerprint density at radius 3 is 2.41 bits per heavy atom. The lowest BCUT2D eigenvalue weighted by molar-refractivity contribution is -0.116. The minimum Gasteiger partial charge on any atom is -0.326 e. The van der Waals surface area contributed by atoms with Gasteiger partial charge >= 0.3 is 0 Å². The number of nitrogens with one attached hydrogen (secondary N) is 2. The van der Waals surface area contributed by atoms with E-state index in [2.05, 4.69) is 31.0 Å². The number of anilines is 1. The van der Waals surface area contributed by atoms with Crippen molar-refractivity contribution in [2.75, 3.05) is 11.9 Å². The Labute approximate surface area is 169 Å². The Bertz CT molecular complexity index is 1000. The van der Waals surface area contributed by atoms with Crippen LogP contribution in [0.1, 0.15) is 6.42 Å². The molecule has 0 spiro atoms. The first-order valence-electron chi connectivity index (χ1n) is 7.99. The van der Waals surface area contributed by atoms with Crippen molar-refractivity contribution in [3.8, 4) is 10.6 Å². The molecule has 1 aromatic heterocycles. The van der Waals surface area contributed by atoms with E-state index >= 15 is 0 Å². The molecule has 6 nitrogen and oxygen atoms in total. The van der Waals surface area contributed by atoms with Gasteiger partial charge in [0.05, 0.1) is 4.90 Å². The van der Waals surface area contributed by atoms with Gasteiger partial charge < -0.3 is 5.32 Å². The third kappa shape index (κ3) is 5.46. The zero-order chi connectivity index (χ0) is 19.3. The molecule has 3 rings (SSSR count). The van der Waals surface area contributed by atoms with E-state index in [0.717, 1.165) is 15.0 Å². The number of aromatic nitrogens is 1. The molecule has 27 heavy (non-hydrogen) atoms. The molecule has 9 heteroatoms. The molecule has 0 aliphatic rings. The number of hydrogen-bond donors (Lipinski definition) is 2. The van der Waals surface area contributed by atoms with Crippen molar-refractivity contribution in [2.45, 2.75) is 11.3 Å². The maximum atomic E-state index is 12.2. The Morgan fingerprint density at radius 2 is 1.78 bits per heavy atom. The summed E-state index contributed by atoms with van der Waals surface area (Å²) in [4.78, 5) is 16.4. The minimum atomic E-state index is -3.63. The summed E-state index contributed by atoms with van der Waals surface area (Å²) in [5, 5.41) is 5.57. The molecule has 0 radical (unpaired) electrons. The fourth-order valence-corrected chi connectivity index (χ4v) is 4.22. The number of amides is 1. The number of halogens is 1. The van der Waals surface area contributed by atoms with Gasteiger partial charge in [-0.15, -0.1) is 11.3 Å². The Balaban J connectivity index is 1.50. The third-order valence-corrected chi connectivity index (χ3v) is 6.44. The molecule has 0 aliphatic carbocycles. The van der Waals surface area contributed by atoms with E-state index in [0.29, 0.717) is 5.69 Å². The quantitative estimate of drug-likeness (QED) is 0.553. The second-order valence-electron chi connectivity index (χ2n) is 5.56. The van der Waals surface area contributed by atoms with Crippen LogP contribution in [0.3, 0.4) is 0 Å². The van der Waals surface area contributed by atoms with Gasteiger partial charge in [0.25, 0.3) is 0 Å². The third-order valence-electron chi connectivity index (χ3n) is 3.62. The van der Waals surface area contributed by atoms with Gasteiger partial charge in [0.1, 0.15) is 5.01 Å². The number of rotatable bonds is 7. The molecule has 0 aliphatic heterocycles. The molecule has 0 atom stereocenters. The summed E-state index contributed by atoms with van der Waals surface area (Å²) in [5.74, 6) is -0.268. The molecule has 0 fully saturated rings. The first-order valence-corrected chi connectivity index (χ1v) is 11.1. The SMILES string of the molecule is O=C(CCNS(=O)(=O)c1ccc(Br)cc1)Nc1ccc(-c2nccs2)cc1. The van der Waals surface area contributed by atoms with Crippen LogP contribution in [0, 0.1) is 0 Å². The van der Waals surface area contributed by atoms with E-state index in [4.69, 9.17) is 0 Å². The summed E-state index contributed by atoms with van der Waals surface area (Å²) in [6.45, 7) is 0.0153. The fraction of sp³-hybridized carbons (Fsp3) is 0.111. The van der Waals surface area contributed by atoms with Crippen LogP contribution < -0.4 is 10.0 Å². The normalized spacial score (nSPS) is 11.3. The zero-order valence-electron chi connectivity index (χ0n) is 14.1. The van der Waals surface area contributed by atoms with E-state index < -0.39 is 10.0 Å². The molecular formula is C18H16BrN3O3S2. The van der Waals surface area contributed by atoms with Crippen molar-refractivity contribution >= 4 is 48.9 Å². The average Bonchev–Trinajstić information content (AvgIpc) is 3.17. The topological polar surface area (TPSA) is 88.2 Å². The molecule has 0 saturated heterocycles. The minimum absolute atomic E-state index is 0.0153.